The maximum atomic E-state index is 12.6. The number of epoxide rings is 2. The zero-order valence-electron chi connectivity index (χ0n) is 16.4. The highest BCUT2D eigenvalue weighted by Gasteiger charge is 2.53. The number of carbonyl (C=O) groups excluding carboxylic acids is 1. The number of fused-ring (bicyclic) bond motifs is 1. The molecular formula is C21H32O5. The summed E-state index contributed by atoms with van der Waals surface area (Å²) in [6.45, 7) is 10.4. The van der Waals surface area contributed by atoms with Crippen molar-refractivity contribution in [2.24, 2.45) is 11.8 Å². The first-order valence-corrected chi connectivity index (χ1v) is 9.62. The molecule has 2 heterocycles. The monoisotopic (exact) mass is 364 g/mol. The molecule has 0 bridgehead atoms. The molecule has 1 aliphatic carbocycles. The van der Waals surface area contributed by atoms with Crippen LogP contribution in [0.15, 0.2) is 23.8 Å². The molecule has 5 atom stereocenters. The van der Waals surface area contributed by atoms with Crippen molar-refractivity contribution < 1.29 is 24.1 Å². The summed E-state index contributed by atoms with van der Waals surface area (Å²) in [6, 6.07) is 0. The second-order valence-corrected chi connectivity index (χ2v) is 8.64. The van der Waals surface area contributed by atoms with Crippen molar-refractivity contribution in [2.45, 2.75) is 76.3 Å². The largest absolute Gasteiger partial charge is 0.469 e. The summed E-state index contributed by atoms with van der Waals surface area (Å²) in [5.41, 5.74) is 1.56. The van der Waals surface area contributed by atoms with Gasteiger partial charge in [-0.15, -0.1) is 0 Å². The molecule has 146 valence electrons. The fraction of sp³-hybridized carbons (Fsp3) is 0.762. The average molecular weight is 364 g/mol. The van der Waals surface area contributed by atoms with Crippen molar-refractivity contribution in [3.8, 4) is 0 Å². The summed E-state index contributed by atoms with van der Waals surface area (Å²) in [4.78, 5) is 12.6. The van der Waals surface area contributed by atoms with Crippen LogP contribution < -0.4 is 0 Å². The minimum atomic E-state index is -0.410. The highest BCUT2D eigenvalue weighted by molar-refractivity contribution is 5.76. The molecule has 2 aliphatic heterocycles. The third kappa shape index (κ3) is 3.90. The summed E-state index contributed by atoms with van der Waals surface area (Å²) in [6.07, 6.45) is 6.49. The van der Waals surface area contributed by atoms with E-state index in [2.05, 4.69) is 33.4 Å². The molecule has 1 saturated carbocycles. The molecule has 3 aliphatic rings. The van der Waals surface area contributed by atoms with E-state index in [-0.39, 0.29) is 41.9 Å². The molecule has 1 N–H and O–H groups in total. The molecule has 5 heteroatoms. The predicted octanol–water partition coefficient (Wildman–Crippen LogP) is 3.17. The van der Waals surface area contributed by atoms with Gasteiger partial charge in [-0.25, -0.2) is 0 Å². The number of hydrogen-bond acceptors (Lipinski definition) is 5. The van der Waals surface area contributed by atoms with Crippen molar-refractivity contribution in [3.05, 3.63) is 23.8 Å². The molecule has 3 fully saturated rings. The topological polar surface area (TPSA) is 71.6 Å². The fourth-order valence-electron chi connectivity index (χ4n) is 4.35. The standard InChI is InChI=1S/C21H32O5/c1-13-6-8-17-21(4,26-17)11-10-15(18(13)19(23)24-5)14(12-22)7-9-16-20(2,3)25-16/h7,15-18,22H,1,6,8-12H2,2-5H3/b14-7+/t15-,16?,17+,18+,21+/m1/s1. The highest BCUT2D eigenvalue weighted by atomic mass is 16.6. The van der Waals surface area contributed by atoms with Gasteiger partial charge in [0.15, 0.2) is 0 Å². The lowest BCUT2D eigenvalue weighted by Crippen LogP contribution is -2.30. The summed E-state index contributed by atoms with van der Waals surface area (Å²) in [5, 5.41) is 10.1. The van der Waals surface area contributed by atoms with Crippen molar-refractivity contribution >= 4 is 5.97 Å². The minimum Gasteiger partial charge on any atom is -0.469 e. The molecule has 1 unspecified atom stereocenters. The predicted molar refractivity (Wildman–Crippen MR) is 98.6 cm³/mol. The molecule has 0 aromatic rings. The molecule has 3 rings (SSSR count). The van der Waals surface area contributed by atoms with Crippen molar-refractivity contribution in [1.29, 1.82) is 0 Å². The van der Waals surface area contributed by atoms with Crippen LogP contribution in [0, 0.1) is 11.8 Å². The molecule has 0 amide bonds. The molecule has 5 nitrogen and oxygen atoms in total. The zero-order chi connectivity index (χ0) is 19.1. The normalized spacial score (nSPS) is 39.3. The van der Waals surface area contributed by atoms with Crippen LogP contribution in [-0.4, -0.2) is 48.2 Å². The number of rotatable bonds is 5. The first-order chi connectivity index (χ1) is 12.2. The van der Waals surface area contributed by atoms with Gasteiger partial charge in [-0.2, -0.15) is 0 Å². The van der Waals surface area contributed by atoms with E-state index < -0.39 is 5.92 Å². The molecule has 26 heavy (non-hydrogen) atoms. The maximum absolute atomic E-state index is 12.6. The van der Waals surface area contributed by atoms with Gasteiger partial charge in [-0.05, 0) is 64.4 Å². The van der Waals surface area contributed by atoms with Gasteiger partial charge in [-0.1, -0.05) is 18.2 Å². The maximum Gasteiger partial charge on any atom is 0.313 e. The summed E-state index contributed by atoms with van der Waals surface area (Å²) >= 11 is 0. The first-order valence-electron chi connectivity index (χ1n) is 9.62. The average Bonchev–Trinajstić information content (AvgIpc) is 3.44. The Morgan fingerprint density at radius 1 is 1.35 bits per heavy atom. The van der Waals surface area contributed by atoms with E-state index in [4.69, 9.17) is 14.2 Å². The lowest BCUT2D eigenvalue weighted by atomic mass is 9.77. The Morgan fingerprint density at radius 3 is 2.62 bits per heavy atom. The van der Waals surface area contributed by atoms with Gasteiger partial charge in [0.05, 0.1) is 43.0 Å². The van der Waals surface area contributed by atoms with E-state index in [9.17, 15) is 9.90 Å². The lowest BCUT2D eigenvalue weighted by molar-refractivity contribution is -0.145. The van der Waals surface area contributed by atoms with Crippen molar-refractivity contribution in [3.63, 3.8) is 0 Å². The number of ether oxygens (including phenoxy) is 3. The van der Waals surface area contributed by atoms with Gasteiger partial charge in [-0.3, -0.25) is 4.79 Å². The van der Waals surface area contributed by atoms with Crippen LogP contribution >= 0.6 is 0 Å². The third-order valence-corrected chi connectivity index (χ3v) is 6.43. The van der Waals surface area contributed by atoms with Crippen LogP contribution in [0.3, 0.4) is 0 Å². The number of methoxy groups -OCH3 is 1. The van der Waals surface area contributed by atoms with E-state index in [1.165, 1.54) is 7.11 Å². The van der Waals surface area contributed by atoms with Gasteiger partial charge in [0, 0.05) is 0 Å². The molecule has 0 spiro atoms. The van der Waals surface area contributed by atoms with E-state index in [0.717, 1.165) is 43.3 Å². The Balaban J connectivity index is 1.84. The smallest absolute Gasteiger partial charge is 0.313 e. The van der Waals surface area contributed by atoms with Crippen LogP contribution in [0.25, 0.3) is 0 Å². The minimum absolute atomic E-state index is 0.0699. The van der Waals surface area contributed by atoms with Gasteiger partial charge < -0.3 is 19.3 Å². The van der Waals surface area contributed by atoms with E-state index in [1.807, 2.05) is 0 Å². The SMILES string of the molecule is C=C1CC[C@@H]2O[C@@]2(C)CC[C@H](/C(=C/CC2OC2(C)C)CO)[C@H]1C(=O)OC. The summed E-state index contributed by atoms with van der Waals surface area (Å²) < 4.78 is 16.6. The zero-order valence-corrected chi connectivity index (χ0v) is 16.4. The summed E-state index contributed by atoms with van der Waals surface area (Å²) in [7, 11) is 1.42. The Kier molecular flexibility index (Phi) is 5.35. The van der Waals surface area contributed by atoms with Gasteiger partial charge in [0.1, 0.15) is 0 Å². The fourth-order valence-corrected chi connectivity index (χ4v) is 4.35. The number of hydrogen-bond donors (Lipinski definition) is 1. The lowest BCUT2D eigenvalue weighted by Gasteiger charge is -2.28. The molecule has 0 aromatic heterocycles. The molecular weight excluding hydrogens is 332 g/mol. The van der Waals surface area contributed by atoms with Crippen LogP contribution in [0.1, 0.15) is 52.9 Å². The molecule has 0 aromatic carbocycles. The van der Waals surface area contributed by atoms with Gasteiger partial charge in [0.25, 0.3) is 0 Å². The second-order valence-electron chi connectivity index (χ2n) is 8.64. The van der Waals surface area contributed by atoms with Crippen LogP contribution in [0.4, 0.5) is 0 Å². The van der Waals surface area contributed by atoms with Gasteiger partial charge >= 0.3 is 5.97 Å². The van der Waals surface area contributed by atoms with Crippen LogP contribution in [-0.2, 0) is 19.0 Å². The number of carbonyl (C=O) groups is 1. The Hall–Kier alpha value is -1.17. The van der Waals surface area contributed by atoms with Crippen molar-refractivity contribution in [1.82, 2.24) is 0 Å². The third-order valence-electron chi connectivity index (χ3n) is 6.43. The van der Waals surface area contributed by atoms with Crippen LogP contribution in [0.5, 0.6) is 0 Å². The Bertz CT molecular complexity index is 608. The highest BCUT2D eigenvalue weighted by Crippen LogP contribution is 2.48. The number of aliphatic hydroxyl groups is 1. The molecule has 0 radical (unpaired) electrons. The van der Waals surface area contributed by atoms with Gasteiger partial charge in [0.2, 0.25) is 0 Å². The Labute approximate surface area is 156 Å². The van der Waals surface area contributed by atoms with E-state index in [1.54, 1.807) is 0 Å². The Morgan fingerprint density at radius 2 is 2.04 bits per heavy atom. The van der Waals surface area contributed by atoms with Crippen molar-refractivity contribution in [2.75, 3.05) is 13.7 Å². The quantitative estimate of drug-likeness (QED) is 0.461. The molecule has 2 saturated heterocycles. The summed E-state index contributed by atoms with van der Waals surface area (Å²) in [5.74, 6) is -0.779. The van der Waals surface area contributed by atoms with E-state index in [0.29, 0.717) is 0 Å². The number of esters is 1. The van der Waals surface area contributed by atoms with Crippen LogP contribution in [0.2, 0.25) is 0 Å². The van der Waals surface area contributed by atoms with E-state index >= 15 is 0 Å². The second kappa shape index (κ2) is 7.10. The number of aliphatic hydroxyl groups excluding tert-OH is 1. The first kappa shape index (κ1) is 19.6.